The summed E-state index contributed by atoms with van der Waals surface area (Å²) in [6.07, 6.45) is 6.24. The van der Waals surface area contributed by atoms with Gasteiger partial charge >= 0.3 is 0 Å². The Morgan fingerprint density at radius 3 is 2.64 bits per heavy atom. The van der Waals surface area contributed by atoms with E-state index in [4.69, 9.17) is 11.6 Å². The summed E-state index contributed by atoms with van der Waals surface area (Å²) >= 11 is 6.68. The molecule has 1 aliphatic heterocycles. The largest absolute Gasteiger partial charge is 0.377 e. The van der Waals surface area contributed by atoms with Gasteiger partial charge in [0.25, 0.3) is 0 Å². The first-order chi connectivity index (χ1) is 21.8. The Morgan fingerprint density at radius 2 is 1.93 bits per heavy atom. The van der Waals surface area contributed by atoms with E-state index < -0.39 is 6.02 Å². The third kappa shape index (κ3) is 6.02. The highest BCUT2D eigenvalue weighted by Gasteiger charge is 2.33. The molecule has 4 N–H and O–H groups in total. The van der Waals surface area contributed by atoms with E-state index in [1.807, 2.05) is 53.7 Å². The summed E-state index contributed by atoms with van der Waals surface area (Å²) < 4.78 is 9.82. The molecule has 2 heterocycles. The quantitative estimate of drug-likeness (QED) is 0.135. The Balaban J connectivity index is 1.50. The van der Waals surface area contributed by atoms with Gasteiger partial charge in [-0.2, -0.15) is 10.5 Å². The number of benzene rings is 3. The van der Waals surface area contributed by atoms with Crippen LogP contribution in [0.1, 0.15) is 73.1 Å². The molecule has 4 aromatic rings. The number of nitrogens with one attached hydrogen (secondary N) is 4. The van der Waals surface area contributed by atoms with Crippen molar-refractivity contribution in [3.8, 4) is 12.1 Å². The normalized spacial score (nSPS) is 16.5. The van der Waals surface area contributed by atoms with Crippen molar-refractivity contribution in [1.82, 2.24) is 21.0 Å². The van der Waals surface area contributed by atoms with Gasteiger partial charge in [0, 0.05) is 46.5 Å². The number of rotatable bonds is 11. The first-order valence-electron chi connectivity index (χ1n) is 14.9. The number of hydrogen-bond acceptors (Lipinski definition) is 9. The number of nitrogens with zero attached hydrogens (tertiary/aromatic N) is 4. The Labute approximate surface area is 262 Å². The predicted octanol–water partition coefficient (Wildman–Crippen LogP) is 6.90. The van der Waals surface area contributed by atoms with Crippen molar-refractivity contribution in [3.63, 3.8) is 0 Å². The highest BCUT2D eigenvalue weighted by molar-refractivity contribution is 6.31. The molecule has 0 saturated heterocycles. The summed E-state index contributed by atoms with van der Waals surface area (Å²) in [6, 6.07) is 23.3. The second kappa shape index (κ2) is 12.6. The van der Waals surface area contributed by atoms with Crippen LogP contribution < -0.4 is 21.6 Å². The molecule has 0 unspecified atom stereocenters. The van der Waals surface area contributed by atoms with Crippen LogP contribution in [0.25, 0.3) is 10.9 Å². The fourth-order valence-corrected chi connectivity index (χ4v) is 5.60. The van der Waals surface area contributed by atoms with Crippen LogP contribution in [0.3, 0.4) is 0 Å². The van der Waals surface area contributed by atoms with Crippen LogP contribution in [0.2, 0.25) is 5.02 Å². The van der Waals surface area contributed by atoms with Gasteiger partial charge in [-0.3, -0.25) is 14.8 Å². The van der Waals surface area contributed by atoms with Gasteiger partial charge in [0.2, 0.25) is 0 Å². The number of halogens is 1. The van der Waals surface area contributed by atoms with E-state index in [0.717, 1.165) is 18.4 Å². The molecule has 9 nitrogen and oxygen atoms in total. The number of Topliss-reactive ketones (excluding diaryl/α,β-unsaturated/α-hetero) is 1. The lowest BCUT2D eigenvalue weighted by atomic mass is 9.98. The molecule has 44 heavy (non-hydrogen) atoms. The molecule has 0 radical (unpaired) electrons. The van der Waals surface area contributed by atoms with E-state index in [9.17, 15) is 16.7 Å². The number of fused-ring (bicyclic) bond motifs is 1. The van der Waals surface area contributed by atoms with Crippen molar-refractivity contribution < 1.29 is 6.17 Å². The fraction of sp³-hybridized carbons (Fsp3) is 0.235. The molecule has 0 amide bonds. The second-order valence-electron chi connectivity index (χ2n) is 10.8. The molecule has 0 bridgehead atoms. The van der Waals surface area contributed by atoms with Crippen LogP contribution in [0.15, 0.2) is 84.8 Å². The van der Waals surface area contributed by atoms with Crippen molar-refractivity contribution in [2.24, 2.45) is 0 Å². The summed E-state index contributed by atoms with van der Waals surface area (Å²) in [5.41, 5.74) is 10.3. The van der Waals surface area contributed by atoms with E-state index >= 15 is 0 Å². The van der Waals surface area contributed by atoms with Crippen LogP contribution in [0.4, 0.5) is 11.4 Å². The molecule has 1 fully saturated rings. The summed E-state index contributed by atoms with van der Waals surface area (Å²) in [4.78, 5) is 17.6. The Hall–Kier alpha value is -5.09. The lowest BCUT2D eigenvalue weighted by Gasteiger charge is -2.24. The number of ketones is 1. The van der Waals surface area contributed by atoms with Crippen LogP contribution in [-0.4, -0.2) is 21.8 Å². The molecule has 220 valence electrons. The molecular weight excluding hydrogens is 572 g/mol. The fourth-order valence-electron chi connectivity index (χ4n) is 5.37. The Morgan fingerprint density at radius 1 is 1.16 bits per heavy atom. The van der Waals surface area contributed by atoms with Gasteiger partial charge in [-0.05, 0) is 55.5 Å². The van der Waals surface area contributed by atoms with Crippen molar-refractivity contribution in [2.45, 2.75) is 50.7 Å². The minimum atomic E-state index is -1.59. The van der Waals surface area contributed by atoms with Crippen LogP contribution in [0.5, 0.6) is 0 Å². The molecule has 1 aromatic heterocycles. The molecule has 2 atom stereocenters. The molecule has 2 aliphatic rings. The smallest absolute Gasteiger partial charge is 0.162 e. The standard InChI is InChI=1S/C34H31ClN8O/c1-21(44)27-16-24(39-34(26-10-5-6-11-29(26)35)31-20-43(42-41-31)25-13-14-25)17-28-32(23(18-37)19-38-33(27)28)40-30(12-7-15-36)22-8-3-2-4-9-22/h2-6,8-11,16-17,19-20,25,30,34,39,41-42H,7,12-14H2,1H3,(H,38,40)/t30-,34-/m1/s1/i34D. The highest BCUT2D eigenvalue weighted by Crippen LogP contribution is 2.38. The van der Waals surface area contributed by atoms with E-state index in [-0.39, 0.29) is 11.8 Å². The molecule has 1 aliphatic carbocycles. The van der Waals surface area contributed by atoms with Crippen molar-refractivity contribution >= 4 is 39.7 Å². The average Bonchev–Trinajstić information content (AvgIpc) is 3.78. The second-order valence-corrected chi connectivity index (χ2v) is 11.2. The van der Waals surface area contributed by atoms with Gasteiger partial charge < -0.3 is 16.1 Å². The number of nitriles is 2. The van der Waals surface area contributed by atoms with E-state index in [1.165, 1.54) is 13.1 Å². The van der Waals surface area contributed by atoms with E-state index in [0.29, 0.717) is 68.6 Å². The zero-order valence-corrected chi connectivity index (χ0v) is 24.8. The number of anilines is 2. The third-order valence-corrected chi connectivity index (χ3v) is 8.08. The predicted molar refractivity (Wildman–Crippen MR) is 171 cm³/mol. The van der Waals surface area contributed by atoms with E-state index in [1.54, 1.807) is 24.3 Å². The van der Waals surface area contributed by atoms with Crippen LogP contribution in [0, 0.1) is 22.7 Å². The molecule has 0 spiro atoms. The maximum absolute atomic E-state index is 13.0. The number of carbonyl (C=O) groups excluding carboxylic acids is 1. The molecule has 1 saturated carbocycles. The van der Waals surface area contributed by atoms with Crippen LogP contribution >= 0.6 is 11.6 Å². The molecular formula is C34H31ClN8O. The zero-order chi connectivity index (χ0) is 31.6. The number of carbonyl (C=O) groups is 1. The summed E-state index contributed by atoms with van der Waals surface area (Å²) in [5, 5.41) is 29.3. The summed E-state index contributed by atoms with van der Waals surface area (Å²) in [7, 11) is 0. The van der Waals surface area contributed by atoms with Gasteiger partial charge in [0.15, 0.2) is 5.78 Å². The maximum atomic E-state index is 13.0. The van der Waals surface area contributed by atoms with E-state index in [2.05, 4.69) is 38.7 Å². The van der Waals surface area contributed by atoms with Crippen molar-refractivity contribution in [3.05, 3.63) is 112 Å². The van der Waals surface area contributed by atoms with Crippen LogP contribution in [-0.2, 0) is 0 Å². The molecule has 6 rings (SSSR count). The monoisotopic (exact) mass is 603 g/mol. The Bertz CT molecular complexity index is 1880. The highest BCUT2D eigenvalue weighted by atomic mass is 35.5. The SMILES string of the molecule is [2H][C@](Nc1cc(C(C)=O)c2ncc(C#N)c(N[C@H](CCC#N)c3ccccc3)c2c1)(C1=CN(C2CC2)NN1)c1ccccc1Cl. The van der Waals surface area contributed by atoms with Gasteiger partial charge in [-0.15, -0.1) is 5.53 Å². The minimum absolute atomic E-state index is 0.219. The number of hydrazine groups is 2. The molecule has 3 aromatic carbocycles. The van der Waals surface area contributed by atoms with Gasteiger partial charge in [0.05, 0.1) is 42.0 Å². The topological polar surface area (TPSA) is 129 Å². The Kier molecular flexibility index (Phi) is 7.97. The van der Waals surface area contributed by atoms with Crippen molar-refractivity contribution in [2.75, 3.05) is 10.6 Å². The minimum Gasteiger partial charge on any atom is -0.377 e. The first-order valence-corrected chi connectivity index (χ1v) is 14.8. The van der Waals surface area contributed by atoms with Gasteiger partial charge in [0.1, 0.15) is 6.07 Å². The summed E-state index contributed by atoms with van der Waals surface area (Å²) in [6.45, 7) is 1.46. The average molecular weight is 604 g/mol. The lowest BCUT2D eigenvalue weighted by molar-refractivity contribution is 0.101. The van der Waals surface area contributed by atoms with Crippen molar-refractivity contribution in [1.29, 1.82) is 10.5 Å². The molecule has 10 heteroatoms. The lowest BCUT2D eigenvalue weighted by Crippen LogP contribution is -2.38. The number of hydrogen-bond donors (Lipinski definition) is 4. The van der Waals surface area contributed by atoms with Gasteiger partial charge in [-0.25, -0.2) is 0 Å². The maximum Gasteiger partial charge on any atom is 0.162 e. The third-order valence-electron chi connectivity index (χ3n) is 7.75. The number of aromatic nitrogens is 1. The zero-order valence-electron chi connectivity index (χ0n) is 25.1. The number of pyridine rings is 1. The first kappa shape index (κ1) is 27.7. The van der Waals surface area contributed by atoms with Gasteiger partial charge in [-0.1, -0.05) is 60.1 Å². The summed E-state index contributed by atoms with van der Waals surface area (Å²) in [5.74, 6) is -0.219.